The van der Waals surface area contributed by atoms with Crippen molar-refractivity contribution in [1.29, 1.82) is 0 Å². The van der Waals surface area contributed by atoms with Gasteiger partial charge in [0.2, 0.25) is 0 Å². The summed E-state index contributed by atoms with van der Waals surface area (Å²) in [6.45, 7) is 0. The number of para-hydroxylation sites is 2. The van der Waals surface area contributed by atoms with Gasteiger partial charge in [-0.15, -0.1) is 0 Å². The topological polar surface area (TPSA) is 88.4 Å². The van der Waals surface area contributed by atoms with Gasteiger partial charge in [-0.3, -0.25) is 9.59 Å². The summed E-state index contributed by atoms with van der Waals surface area (Å²) in [6, 6.07) is 21.8. The van der Waals surface area contributed by atoms with Crippen LogP contribution in [0, 0.1) is 5.82 Å². The predicted molar refractivity (Wildman–Crippen MR) is 125 cm³/mol. The van der Waals surface area contributed by atoms with E-state index in [1.54, 1.807) is 47.3 Å². The van der Waals surface area contributed by atoms with Crippen molar-refractivity contribution in [3.8, 4) is 16.9 Å². The molecule has 0 fully saturated rings. The minimum Gasteiger partial charge on any atom is -0.316 e. The van der Waals surface area contributed by atoms with Crippen LogP contribution in [0.2, 0.25) is 5.02 Å². The second-order valence-electron chi connectivity index (χ2n) is 6.85. The first-order valence-electron chi connectivity index (χ1n) is 9.81. The molecule has 4 aromatic rings. The molecule has 0 aliphatic heterocycles. The van der Waals surface area contributed by atoms with Crippen molar-refractivity contribution in [3.63, 3.8) is 0 Å². The van der Waals surface area contributed by atoms with Crippen LogP contribution in [0.3, 0.4) is 0 Å². The molecule has 0 atom stereocenters. The smallest absolute Gasteiger partial charge is 0.316 e. The Morgan fingerprint density at radius 2 is 1.64 bits per heavy atom. The highest BCUT2D eigenvalue weighted by molar-refractivity contribution is 6.41. The van der Waals surface area contributed by atoms with E-state index in [4.69, 9.17) is 11.6 Å². The number of amides is 2. The van der Waals surface area contributed by atoms with Gasteiger partial charge < -0.3 is 5.32 Å². The lowest BCUT2D eigenvalue weighted by atomic mass is 10.1. The highest BCUT2D eigenvalue weighted by Gasteiger charge is 2.15. The molecule has 0 unspecified atom stereocenters. The zero-order valence-corrected chi connectivity index (χ0v) is 17.8. The maximum Gasteiger partial charge on any atom is 0.329 e. The van der Waals surface area contributed by atoms with Crippen molar-refractivity contribution >= 4 is 35.3 Å². The number of hydrazone groups is 1. The number of hydrogen-bond acceptors (Lipinski definition) is 4. The maximum absolute atomic E-state index is 13.4. The molecule has 164 valence electrons. The predicted octanol–water partition coefficient (Wildman–Crippen LogP) is 4.42. The average molecular weight is 462 g/mol. The second-order valence-corrected chi connectivity index (χ2v) is 7.26. The minimum atomic E-state index is -0.968. The monoisotopic (exact) mass is 461 g/mol. The molecule has 0 saturated heterocycles. The Hall–Kier alpha value is -4.30. The van der Waals surface area contributed by atoms with E-state index in [0.29, 0.717) is 27.5 Å². The summed E-state index contributed by atoms with van der Waals surface area (Å²) in [7, 11) is 0. The molecule has 9 heteroatoms. The Balaban J connectivity index is 1.54. The number of rotatable bonds is 5. The maximum atomic E-state index is 13.4. The Labute approximate surface area is 193 Å². The van der Waals surface area contributed by atoms with E-state index in [1.807, 2.05) is 30.3 Å². The van der Waals surface area contributed by atoms with E-state index in [2.05, 4.69) is 20.9 Å². The van der Waals surface area contributed by atoms with Gasteiger partial charge in [0.05, 0.1) is 22.6 Å². The molecule has 0 saturated carbocycles. The quantitative estimate of drug-likeness (QED) is 0.262. The number of carbonyl (C=O) groups excluding carboxylic acids is 2. The van der Waals surface area contributed by atoms with E-state index < -0.39 is 11.8 Å². The Bertz CT molecular complexity index is 1320. The molecule has 1 aromatic heterocycles. The molecule has 7 nitrogen and oxygen atoms in total. The van der Waals surface area contributed by atoms with E-state index in [9.17, 15) is 14.0 Å². The van der Waals surface area contributed by atoms with E-state index in [1.165, 1.54) is 18.3 Å². The van der Waals surface area contributed by atoms with Gasteiger partial charge in [0.15, 0.2) is 0 Å². The summed E-state index contributed by atoms with van der Waals surface area (Å²) in [5.41, 5.74) is 5.05. The first-order chi connectivity index (χ1) is 16.0. The minimum absolute atomic E-state index is 0.305. The molecule has 4 rings (SSSR count). The fraction of sp³-hybridized carbons (Fsp3) is 0. The van der Waals surface area contributed by atoms with Gasteiger partial charge in [0.25, 0.3) is 0 Å². The van der Waals surface area contributed by atoms with Crippen LogP contribution in [0.5, 0.6) is 0 Å². The Kier molecular flexibility index (Phi) is 6.56. The van der Waals surface area contributed by atoms with Gasteiger partial charge in [0.1, 0.15) is 11.5 Å². The summed E-state index contributed by atoms with van der Waals surface area (Å²) >= 11 is 5.99. The average Bonchev–Trinajstić information content (AvgIpc) is 3.25. The van der Waals surface area contributed by atoms with Crippen LogP contribution in [-0.4, -0.2) is 27.8 Å². The summed E-state index contributed by atoms with van der Waals surface area (Å²) in [6.07, 6.45) is 3.08. The van der Waals surface area contributed by atoms with Gasteiger partial charge in [-0.05, 0) is 48.5 Å². The third-order valence-electron chi connectivity index (χ3n) is 4.58. The van der Waals surface area contributed by atoms with Crippen LogP contribution in [0.1, 0.15) is 5.56 Å². The number of anilines is 1. The van der Waals surface area contributed by atoms with Crippen molar-refractivity contribution < 1.29 is 14.0 Å². The molecule has 1 heterocycles. The van der Waals surface area contributed by atoms with Gasteiger partial charge in [-0.25, -0.2) is 14.5 Å². The SMILES string of the molecule is O=C(NN=Cc1cn(-c2ccccc2)nc1-c1ccc(F)cc1)C(=O)Nc1ccccc1Cl. The standard InChI is InChI=1S/C24H17ClFN5O2/c25-20-8-4-5-9-21(20)28-23(32)24(33)29-27-14-17-15-31(19-6-2-1-3-7-19)30-22(17)16-10-12-18(26)13-11-16/h1-15H,(H,28,32)(H,29,33). The number of halogens is 2. The van der Waals surface area contributed by atoms with Crippen LogP contribution < -0.4 is 10.7 Å². The molecule has 33 heavy (non-hydrogen) atoms. The Morgan fingerprint density at radius 3 is 2.36 bits per heavy atom. The fourth-order valence-electron chi connectivity index (χ4n) is 2.98. The molecule has 0 aliphatic carbocycles. The largest absolute Gasteiger partial charge is 0.329 e. The van der Waals surface area contributed by atoms with Crippen molar-refractivity contribution in [2.75, 3.05) is 5.32 Å². The number of aromatic nitrogens is 2. The first-order valence-corrected chi connectivity index (χ1v) is 10.2. The second kappa shape index (κ2) is 9.88. The summed E-state index contributed by atoms with van der Waals surface area (Å²) in [4.78, 5) is 24.2. The molecular formula is C24H17ClFN5O2. The molecule has 0 spiro atoms. The van der Waals surface area contributed by atoms with Gasteiger partial charge in [-0.1, -0.05) is 41.9 Å². The summed E-state index contributed by atoms with van der Waals surface area (Å²) in [5.74, 6) is -2.25. The lowest BCUT2D eigenvalue weighted by Crippen LogP contribution is -2.32. The number of benzene rings is 3. The molecular weight excluding hydrogens is 445 g/mol. The van der Waals surface area contributed by atoms with Crippen LogP contribution in [0.15, 0.2) is 90.2 Å². The van der Waals surface area contributed by atoms with Crippen LogP contribution in [-0.2, 0) is 9.59 Å². The molecule has 2 amide bonds. The number of hydrogen-bond donors (Lipinski definition) is 2. The van der Waals surface area contributed by atoms with E-state index >= 15 is 0 Å². The summed E-state index contributed by atoms with van der Waals surface area (Å²) in [5, 5.41) is 11.2. The van der Waals surface area contributed by atoms with Gasteiger partial charge in [-0.2, -0.15) is 10.2 Å². The molecule has 0 bridgehead atoms. The zero-order valence-electron chi connectivity index (χ0n) is 17.1. The van der Waals surface area contributed by atoms with Gasteiger partial charge in [0, 0.05) is 17.3 Å². The zero-order chi connectivity index (χ0) is 23.2. The van der Waals surface area contributed by atoms with Crippen molar-refractivity contribution in [2.45, 2.75) is 0 Å². The third kappa shape index (κ3) is 5.31. The lowest BCUT2D eigenvalue weighted by Gasteiger charge is -2.05. The third-order valence-corrected chi connectivity index (χ3v) is 4.91. The molecule has 2 N–H and O–H groups in total. The van der Waals surface area contributed by atoms with Crippen LogP contribution in [0.4, 0.5) is 10.1 Å². The highest BCUT2D eigenvalue weighted by Crippen LogP contribution is 2.23. The highest BCUT2D eigenvalue weighted by atomic mass is 35.5. The fourth-order valence-corrected chi connectivity index (χ4v) is 3.16. The molecule has 0 radical (unpaired) electrons. The van der Waals surface area contributed by atoms with Crippen molar-refractivity contribution in [1.82, 2.24) is 15.2 Å². The van der Waals surface area contributed by atoms with Crippen molar-refractivity contribution in [3.05, 3.63) is 101 Å². The number of nitrogens with zero attached hydrogens (tertiary/aromatic N) is 3. The van der Waals surface area contributed by atoms with E-state index in [0.717, 1.165) is 5.69 Å². The molecule has 3 aromatic carbocycles. The van der Waals surface area contributed by atoms with Crippen LogP contribution in [0.25, 0.3) is 16.9 Å². The van der Waals surface area contributed by atoms with Crippen molar-refractivity contribution in [2.24, 2.45) is 5.10 Å². The molecule has 0 aliphatic rings. The first kappa shape index (κ1) is 21.9. The lowest BCUT2D eigenvalue weighted by molar-refractivity contribution is -0.136. The normalized spacial score (nSPS) is 10.8. The summed E-state index contributed by atoms with van der Waals surface area (Å²) < 4.78 is 15.0. The van der Waals surface area contributed by atoms with E-state index in [-0.39, 0.29) is 5.82 Å². The van der Waals surface area contributed by atoms with Gasteiger partial charge >= 0.3 is 11.8 Å². The number of carbonyl (C=O) groups is 2. The van der Waals surface area contributed by atoms with Crippen LogP contribution >= 0.6 is 11.6 Å². The number of nitrogens with one attached hydrogen (secondary N) is 2. The Morgan fingerprint density at radius 1 is 0.939 bits per heavy atom.